The van der Waals surface area contributed by atoms with Gasteiger partial charge in [0, 0.05) is 25.0 Å². The van der Waals surface area contributed by atoms with Crippen LogP contribution < -0.4 is 16.2 Å². The van der Waals surface area contributed by atoms with Gasteiger partial charge in [-0.15, -0.1) is 10.2 Å². The Bertz CT molecular complexity index is 1210. The van der Waals surface area contributed by atoms with Crippen molar-refractivity contribution in [2.75, 3.05) is 5.75 Å². The normalized spacial score (nSPS) is 14.8. The second kappa shape index (κ2) is 10.4. The molecule has 3 aromatic rings. The molecule has 10 heteroatoms. The molecule has 1 fully saturated rings. The predicted molar refractivity (Wildman–Crippen MR) is 128 cm³/mol. The van der Waals surface area contributed by atoms with E-state index in [4.69, 9.17) is 0 Å². The van der Waals surface area contributed by atoms with Crippen LogP contribution in [0.15, 0.2) is 34.2 Å². The Morgan fingerprint density at radius 2 is 1.88 bits per heavy atom. The molecule has 9 nitrogen and oxygen atoms in total. The number of aromatic nitrogens is 4. The van der Waals surface area contributed by atoms with E-state index in [0.29, 0.717) is 21.8 Å². The molecular formula is C23H30N6O3S. The number of rotatable bonds is 8. The third-order valence-corrected chi connectivity index (χ3v) is 6.72. The van der Waals surface area contributed by atoms with E-state index in [0.717, 1.165) is 25.7 Å². The zero-order valence-electron chi connectivity index (χ0n) is 19.0. The minimum Gasteiger partial charge on any atom is -0.353 e. The number of hydrogen-bond donors (Lipinski definition) is 2. The van der Waals surface area contributed by atoms with E-state index in [9.17, 15) is 14.4 Å². The van der Waals surface area contributed by atoms with E-state index in [1.165, 1.54) is 22.7 Å². The van der Waals surface area contributed by atoms with Crippen molar-refractivity contribution in [3.63, 3.8) is 0 Å². The maximum atomic E-state index is 13.2. The summed E-state index contributed by atoms with van der Waals surface area (Å²) in [7, 11) is 0. The summed E-state index contributed by atoms with van der Waals surface area (Å²) in [6.45, 7) is 4.03. The fourth-order valence-electron chi connectivity index (χ4n) is 4.28. The molecule has 0 bridgehead atoms. The Morgan fingerprint density at radius 1 is 1.12 bits per heavy atom. The average molecular weight is 471 g/mol. The van der Waals surface area contributed by atoms with Crippen LogP contribution in [0.5, 0.6) is 0 Å². The summed E-state index contributed by atoms with van der Waals surface area (Å²) in [4.78, 5) is 37.9. The van der Waals surface area contributed by atoms with E-state index >= 15 is 0 Å². The Hall–Kier alpha value is -2.88. The summed E-state index contributed by atoms with van der Waals surface area (Å²) < 4.78 is 3.30. The van der Waals surface area contributed by atoms with Crippen molar-refractivity contribution in [1.82, 2.24) is 29.8 Å². The number of para-hydroxylation sites is 1. The summed E-state index contributed by atoms with van der Waals surface area (Å²) >= 11 is 1.27. The first kappa shape index (κ1) is 23.3. The minimum atomic E-state index is -0.204. The molecule has 0 saturated heterocycles. The van der Waals surface area contributed by atoms with Crippen LogP contribution in [-0.2, 0) is 16.1 Å². The predicted octanol–water partition coefficient (Wildman–Crippen LogP) is 2.50. The summed E-state index contributed by atoms with van der Waals surface area (Å²) in [5.74, 6) is 0.412. The van der Waals surface area contributed by atoms with Crippen LogP contribution in [-0.4, -0.2) is 48.8 Å². The molecule has 2 heterocycles. The van der Waals surface area contributed by atoms with Crippen LogP contribution in [0, 0.1) is 0 Å². The van der Waals surface area contributed by atoms with Gasteiger partial charge in [-0.05, 0) is 38.8 Å². The Labute approximate surface area is 196 Å². The topological polar surface area (TPSA) is 110 Å². The van der Waals surface area contributed by atoms with Crippen LogP contribution in [0.25, 0.3) is 16.7 Å². The van der Waals surface area contributed by atoms with Gasteiger partial charge in [0.1, 0.15) is 0 Å². The molecule has 0 atom stereocenters. The number of carbonyl (C=O) groups is 2. The maximum absolute atomic E-state index is 13.2. The van der Waals surface area contributed by atoms with Crippen LogP contribution in [0.2, 0.25) is 0 Å². The van der Waals surface area contributed by atoms with Crippen molar-refractivity contribution < 1.29 is 9.59 Å². The van der Waals surface area contributed by atoms with Crippen LogP contribution in [0.1, 0.15) is 52.4 Å². The number of benzene rings is 1. The fourth-order valence-corrected chi connectivity index (χ4v) is 5.03. The highest BCUT2D eigenvalue weighted by Crippen LogP contribution is 2.22. The second-order valence-corrected chi connectivity index (χ2v) is 9.70. The Morgan fingerprint density at radius 3 is 2.64 bits per heavy atom. The van der Waals surface area contributed by atoms with Crippen molar-refractivity contribution in [1.29, 1.82) is 0 Å². The number of fused-ring (bicyclic) bond motifs is 3. The van der Waals surface area contributed by atoms with Gasteiger partial charge < -0.3 is 10.6 Å². The van der Waals surface area contributed by atoms with Gasteiger partial charge in [-0.3, -0.25) is 23.4 Å². The lowest BCUT2D eigenvalue weighted by Crippen LogP contribution is -2.37. The highest BCUT2D eigenvalue weighted by molar-refractivity contribution is 7.99. The van der Waals surface area contributed by atoms with Gasteiger partial charge in [-0.25, -0.2) is 0 Å². The standard InChI is InChI=1S/C23H30N6O3S/c1-15(2)24-20(31)14-33-23-27-26-22-28(13-12-19(30)25-16-8-4-3-5-9-16)21(32)17-10-6-7-11-18(17)29(22)23/h6-7,10-11,15-16H,3-5,8-9,12-14H2,1-2H3,(H,24,31)(H,25,30). The van der Waals surface area contributed by atoms with Gasteiger partial charge in [-0.1, -0.05) is 43.2 Å². The molecule has 2 amide bonds. The van der Waals surface area contributed by atoms with Gasteiger partial charge in [-0.2, -0.15) is 0 Å². The zero-order valence-corrected chi connectivity index (χ0v) is 19.9. The molecule has 0 radical (unpaired) electrons. The van der Waals surface area contributed by atoms with E-state index in [2.05, 4.69) is 20.8 Å². The number of hydrogen-bond acceptors (Lipinski definition) is 6. The van der Waals surface area contributed by atoms with Crippen molar-refractivity contribution in [2.45, 2.75) is 76.2 Å². The van der Waals surface area contributed by atoms with Gasteiger partial charge in [0.05, 0.1) is 16.7 Å². The average Bonchev–Trinajstić information content (AvgIpc) is 3.22. The Kier molecular flexibility index (Phi) is 7.32. The van der Waals surface area contributed by atoms with E-state index in [1.807, 2.05) is 32.0 Å². The molecule has 0 spiro atoms. The molecule has 4 rings (SSSR count). The smallest absolute Gasteiger partial charge is 0.262 e. The summed E-state index contributed by atoms with van der Waals surface area (Å²) in [5.41, 5.74) is 0.474. The highest BCUT2D eigenvalue weighted by Gasteiger charge is 2.20. The zero-order chi connectivity index (χ0) is 23.4. The van der Waals surface area contributed by atoms with Gasteiger partial charge in [0.25, 0.3) is 5.56 Å². The molecule has 1 aliphatic rings. The van der Waals surface area contributed by atoms with Crippen molar-refractivity contribution in [3.8, 4) is 0 Å². The molecule has 2 aromatic heterocycles. The third-order valence-electron chi connectivity index (χ3n) is 5.79. The van der Waals surface area contributed by atoms with Crippen molar-refractivity contribution >= 4 is 40.3 Å². The third kappa shape index (κ3) is 5.38. The number of amides is 2. The van der Waals surface area contributed by atoms with E-state index in [-0.39, 0.29) is 48.2 Å². The molecule has 0 unspecified atom stereocenters. The first-order chi connectivity index (χ1) is 15.9. The number of nitrogens with zero attached hydrogens (tertiary/aromatic N) is 4. The minimum absolute atomic E-state index is 0.0546. The SMILES string of the molecule is CC(C)NC(=O)CSc1nnc2n(CCC(=O)NC3CCCCC3)c(=O)c3ccccc3n12. The van der Waals surface area contributed by atoms with Crippen molar-refractivity contribution in [2.24, 2.45) is 0 Å². The monoisotopic (exact) mass is 470 g/mol. The van der Waals surface area contributed by atoms with Crippen LogP contribution >= 0.6 is 11.8 Å². The van der Waals surface area contributed by atoms with Gasteiger partial charge in [0.15, 0.2) is 5.16 Å². The van der Waals surface area contributed by atoms with Crippen LogP contribution in [0.4, 0.5) is 0 Å². The van der Waals surface area contributed by atoms with E-state index < -0.39 is 0 Å². The molecular weight excluding hydrogens is 440 g/mol. The first-order valence-electron chi connectivity index (χ1n) is 11.5. The van der Waals surface area contributed by atoms with Gasteiger partial charge >= 0.3 is 0 Å². The molecule has 33 heavy (non-hydrogen) atoms. The second-order valence-electron chi connectivity index (χ2n) is 8.76. The van der Waals surface area contributed by atoms with E-state index in [1.54, 1.807) is 10.5 Å². The molecule has 2 N–H and O–H groups in total. The van der Waals surface area contributed by atoms with Crippen LogP contribution in [0.3, 0.4) is 0 Å². The molecule has 176 valence electrons. The maximum Gasteiger partial charge on any atom is 0.262 e. The van der Waals surface area contributed by atoms with Crippen molar-refractivity contribution in [3.05, 3.63) is 34.6 Å². The molecule has 1 saturated carbocycles. The summed E-state index contributed by atoms with van der Waals surface area (Å²) in [6, 6.07) is 7.54. The molecule has 1 aliphatic carbocycles. The number of nitrogens with one attached hydrogen (secondary N) is 2. The Balaban J connectivity index is 1.60. The molecule has 1 aromatic carbocycles. The first-order valence-corrected chi connectivity index (χ1v) is 12.5. The number of aryl methyl sites for hydroxylation is 1. The number of thioether (sulfide) groups is 1. The summed E-state index contributed by atoms with van der Waals surface area (Å²) in [5, 5.41) is 15.5. The highest BCUT2D eigenvalue weighted by atomic mass is 32.2. The fraction of sp³-hybridized carbons (Fsp3) is 0.522. The van der Waals surface area contributed by atoms with Gasteiger partial charge in [0.2, 0.25) is 17.6 Å². The lowest BCUT2D eigenvalue weighted by Gasteiger charge is -2.22. The molecule has 0 aliphatic heterocycles. The largest absolute Gasteiger partial charge is 0.353 e. The summed E-state index contributed by atoms with van der Waals surface area (Å²) in [6.07, 6.45) is 5.73. The lowest BCUT2D eigenvalue weighted by atomic mass is 9.95. The lowest BCUT2D eigenvalue weighted by molar-refractivity contribution is -0.122. The quantitative estimate of drug-likeness (QED) is 0.490. The number of carbonyl (C=O) groups excluding carboxylic acids is 2.